The normalized spacial score (nSPS) is 11.2. The molecule has 0 spiro atoms. The smallest absolute Gasteiger partial charge is 0.323 e. The molecule has 3 N–H and O–H groups in total. The number of rotatable bonds is 3. The number of fused-ring (bicyclic) bond motifs is 1. The van der Waals surface area contributed by atoms with Gasteiger partial charge < -0.3 is 15.1 Å². The number of benzene rings is 1. The molecule has 0 radical (unpaired) electrons. The first-order chi connectivity index (χ1) is 8.76. The summed E-state index contributed by atoms with van der Waals surface area (Å²) >= 11 is 1.53. The topological polar surface area (TPSA) is 81.8 Å². The van der Waals surface area contributed by atoms with E-state index in [2.05, 4.69) is 15.0 Å². The molecule has 0 amide bonds. The van der Waals surface area contributed by atoms with Crippen LogP contribution < -0.4 is 5.69 Å². The molecular formula is C12H11N3O2S. The zero-order valence-corrected chi connectivity index (χ0v) is 10.3. The fourth-order valence-corrected chi connectivity index (χ4v) is 2.64. The molecule has 0 saturated carbocycles. The first-order valence-electron chi connectivity index (χ1n) is 5.54. The van der Waals surface area contributed by atoms with Crippen LogP contribution in [0.1, 0.15) is 5.01 Å². The van der Waals surface area contributed by atoms with Gasteiger partial charge in [0.2, 0.25) is 0 Å². The number of nitrogens with one attached hydrogen (secondary N) is 2. The highest BCUT2D eigenvalue weighted by molar-refractivity contribution is 7.09. The maximum Gasteiger partial charge on any atom is 0.323 e. The van der Waals surface area contributed by atoms with Crippen LogP contribution in [0.5, 0.6) is 0 Å². The molecule has 92 valence electrons. The Morgan fingerprint density at radius 3 is 2.94 bits per heavy atom. The van der Waals surface area contributed by atoms with Crippen LogP contribution in [-0.4, -0.2) is 26.7 Å². The first-order valence-corrected chi connectivity index (χ1v) is 6.42. The zero-order valence-electron chi connectivity index (χ0n) is 9.43. The van der Waals surface area contributed by atoms with Gasteiger partial charge in [0.25, 0.3) is 0 Å². The number of H-pyrrole nitrogens is 2. The quantitative estimate of drug-likeness (QED) is 0.668. The lowest BCUT2D eigenvalue weighted by atomic mass is 10.1. The van der Waals surface area contributed by atoms with Crippen molar-refractivity contribution >= 4 is 22.4 Å². The minimum absolute atomic E-state index is 0.108. The Hall–Kier alpha value is -1.92. The van der Waals surface area contributed by atoms with Crippen molar-refractivity contribution in [1.29, 1.82) is 0 Å². The van der Waals surface area contributed by atoms with Gasteiger partial charge in [0, 0.05) is 24.0 Å². The van der Waals surface area contributed by atoms with Crippen LogP contribution in [0.15, 0.2) is 28.4 Å². The maximum atomic E-state index is 11.2. The lowest BCUT2D eigenvalue weighted by Crippen LogP contribution is -1.99. The van der Waals surface area contributed by atoms with Gasteiger partial charge in [-0.25, -0.2) is 9.78 Å². The molecule has 0 aliphatic carbocycles. The highest BCUT2D eigenvalue weighted by atomic mass is 32.1. The molecule has 5 nitrogen and oxygen atoms in total. The number of aromatic nitrogens is 3. The van der Waals surface area contributed by atoms with E-state index in [-0.39, 0.29) is 12.3 Å². The molecule has 0 saturated heterocycles. The second kappa shape index (κ2) is 4.40. The predicted octanol–water partition coefficient (Wildman–Crippen LogP) is 1.51. The summed E-state index contributed by atoms with van der Waals surface area (Å²) in [7, 11) is 0. The van der Waals surface area contributed by atoms with Gasteiger partial charge in [0.05, 0.1) is 21.7 Å². The van der Waals surface area contributed by atoms with E-state index in [1.54, 1.807) is 0 Å². The summed E-state index contributed by atoms with van der Waals surface area (Å²) in [6.45, 7) is 0.108. The Labute approximate surface area is 106 Å². The van der Waals surface area contributed by atoms with Gasteiger partial charge in [-0.2, -0.15) is 0 Å². The van der Waals surface area contributed by atoms with E-state index in [0.717, 1.165) is 27.3 Å². The Morgan fingerprint density at radius 1 is 1.28 bits per heavy atom. The van der Waals surface area contributed by atoms with Crippen molar-refractivity contribution in [3.63, 3.8) is 0 Å². The molecular weight excluding hydrogens is 250 g/mol. The summed E-state index contributed by atoms with van der Waals surface area (Å²) in [5, 5.41) is 11.7. The van der Waals surface area contributed by atoms with Crippen molar-refractivity contribution in [3.05, 3.63) is 39.1 Å². The molecule has 3 aromatic rings. The van der Waals surface area contributed by atoms with E-state index in [9.17, 15) is 4.79 Å². The second-order valence-electron chi connectivity index (χ2n) is 3.94. The fourth-order valence-electron chi connectivity index (χ4n) is 1.85. The van der Waals surface area contributed by atoms with E-state index in [1.807, 2.05) is 23.6 Å². The molecule has 0 unspecified atom stereocenters. The van der Waals surface area contributed by atoms with Gasteiger partial charge in [-0.05, 0) is 12.1 Å². The van der Waals surface area contributed by atoms with Gasteiger partial charge in [-0.3, -0.25) is 0 Å². The molecule has 0 aliphatic rings. The van der Waals surface area contributed by atoms with Crippen molar-refractivity contribution in [2.45, 2.75) is 6.42 Å². The maximum absolute atomic E-state index is 11.2. The van der Waals surface area contributed by atoms with Crippen LogP contribution in [0.25, 0.3) is 22.3 Å². The van der Waals surface area contributed by atoms with Crippen LogP contribution in [-0.2, 0) is 6.42 Å². The number of nitrogens with zero attached hydrogens (tertiary/aromatic N) is 1. The summed E-state index contributed by atoms with van der Waals surface area (Å²) in [5.41, 5.74) is 3.18. The van der Waals surface area contributed by atoms with Crippen molar-refractivity contribution in [3.8, 4) is 11.3 Å². The average Bonchev–Trinajstić information content (AvgIpc) is 2.93. The third kappa shape index (κ3) is 1.96. The number of thiazole rings is 1. The third-order valence-electron chi connectivity index (χ3n) is 2.69. The van der Waals surface area contributed by atoms with E-state index >= 15 is 0 Å². The Balaban J connectivity index is 2.04. The number of hydrogen-bond acceptors (Lipinski definition) is 4. The summed E-state index contributed by atoms with van der Waals surface area (Å²) in [5.74, 6) is 0. The minimum atomic E-state index is -0.207. The van der Waals surface area contributed by atoms with Crippen LogP contribution in [0.2, 0.25) is 0 Å². The molecule has 0 aliphatic heterocycles. The van der Waals surface area contributed by atoms with Crippen LogP contribution in [0, 0.1) is 0 Å². The number of aliphatic hydroxyl groups excluding tert-OH is 1. The number of aliphatic hydroxyl groups is 1. The van der Waals surface area contributed by atoms with Crippen molar-refractivity contribution in [2.75, 3.05) is 6.61 Å². The average molecular weight is 261 g/mol. The Kier molecular flexibility index (Phi) is 2.73. The third-order valence-corrected chi connectivity index (χ3v) is 3.60. The van der Waals surface area contributed by atoms with E-state index in [1.165, 1.54) is 11.3 Å². The summed E-state index contributed by atoms with van der Waals surface area (Å²) < 4.78 is 0. The van der Waals surface area contributed by atoms with Gasteiger partial charge in [-0.1, -0.05) is 6.07 Å². The Bertz CT molecular complexity index is 741. The SMILES string of the molecule is O=c1[nH]c2ccc(-c3csc(CCO)n3)cc2[nH]1. The van der Waals surface area contributed by atoms with Gasteiger partial charge in [-0.15, -0.1) is 11.3 Å². The first kappa shape index (κ1) is 11.2. The van der Waals surface area contributed by atoms with Gasteiger partial charge in [0.15, 0.2) is 0 Å². The molecule has 2 heterocycles. The van der Waals surface area contributed by atoms with Crippen LogP contribution in [0.4, 0.5) is 0 Å². The second-order valence-corrected chi connectivity index (χ2v) is 4.88. The molecule has 1 aromatic carbocycles. The van der Waals surface area contributed by atoms with E-state index in [4.69, 9.17) is 5.11 Å². The van der Waals surface area contributed by atoms with Gasteiger partial charge in [0.1, 0.15) is 0 Å². The fraction of sp³-hybridized carbons (Fsp3) is 0.167. The molecule has 2 aromatic heterocycles. The van der Waals surface area contributed by atoms with Crippen LogP contribution in [0.3, 0.4) is 0 Å². The van der Waals surface area contributed by atoms with Gasteiger partial charge >= 0.3 is 5.69 Å². The highest BCUT2D eigenvalue weighted by Crippen LogP contribution is 2.24. The highest BCUT2D eigenvalue weighted by Gasteiger charge is 2.06. The minimum Gasteiger partial charge on any atom is -0.396 e. The molecule has 0 bridgehead atoms. The standard InChI is InChI=1S/C12H11N3O2S/c16-4-3-11-13-10(6-18-11)7-1-2-8-9(5-7)15-12(17)14-8/h1-2,5-6,16H,3-4H2,(H2,14,15,17). The zero-order chi connectivity index (χ0) is 12.5. The molecule has 0 atom stereocenters. The number of imidazole rings is 1. The van der Waals surface area contributed by atoms with Crippen molar-refractivity contribution in [1.82, 2.24) is 15.0 Å². The molecule has 0 fully saturated rings. The molecule has 6 heteroatoms. The lowest BCUT2D eigenvalue weighted by molar-refractivity contribution is 0.299. The van der Waals surface area contributed by atoms with E-state index < -0.39 is 0 Å². The largest absolute Gasteiger partial charge is 0.396 e. The Morgan fingerprint density at radius 2 is 2.11 bits per heavy atom. The lowest BCUT2D eigenvalue weighted by Gasteiger charge is -1.96. The number of aromatic amines is 2. The van der Waals surface area contributed by atoms with E-state index in [0.29, 0.717) is 6.42 Å². The molecule has 18 heavy (non-hydrogen) atoms. The summed E-state index contributed by atoms with van der Waals surface area (Å²) in [4.78, 5) is 21.0. The monoisotopic (exact) mass is 261 g/mol. The van der Waals surface area contributed by atoms with Crippen molar-refractivity contribution < 1.29 is 5.11 Å². The number of hydrogen-bond donors (Lipinski definition) is 3. The predicted molar refractivity (Wildman–Crippen MR) is 70.8 cm³/mol. The summed E-state index contributed by atoms with van der Waals surface area (Å²) in [6.07, 6.45) is 0.577. The van der Waals surface area contributed by atoms with Crippen LogP contribution >= 0.6 is 11.3 Å². The van der Waals surface area contributed by atoms with Crippen molar-refractivity contribution in [2.24, 2.45) is 0 Å². The molecule has 3 rings (SSSR count). The summed E-state index contributed by atoms with van der Waals surface area (Å²) in [6, 6.07) is 5.67.